The average molecular weight is 428 g/mol. The zero-order valence-corrected chi connectivity index (χ0v) is 17.8. The molecule has 162 valence electrons. The largest absolute Gasteiger partial charge is 0.342 e. The van der Waals surface area contributed by atoms with Crippen molar-refractivity contribution in [1.82, 2.24) is 20.2 Å². The summed E-state index contributed by atoms with van der Waals surface area (Å²) in [6.45, 7) is 0.217. The molecule has 0 saturated heterocycles. The summed E-state index contributed by atoms with van der Waals surface area (Å²) in [5, 5.41) is 8.53. The first-order chi connectivity index (χ1) is 15.6. The molecule has 0 bridgehead atoms. The van der Waals surface area contributed by atoms with Crippen LogP contribution in [-0.2, 0) is 11.8 Å². The van der Waals surface area contributed by atoms with E-state index in [1.54, 1.807) is 12.1 Å². The molecule has 7 nitrogen and oxygen atoms in total. The van der Waals surface area contributed by atoms with Gasteiger partial charge in [0.05, 0.1) is 11.0 Å². The molecule has 3 aromatic carbocycles. The average Bonchev–Trinajstić information content (AvgIpc) is 3.15. The van der Waals surface area contributed by atoms with Crippen molar-refractivity contribution >= 4 is 28.7 Å². The summed E-state index contributed by atoms with van der Waals surface area (Å²) in [6, 6.07) is 26.0. The lowest BCUT2D eigenvalue weighted by Crippen LogP contribution is -2.35. The maximum absolute atomic E-state index is 12.7. The van der Waals surface area contributed by atoms with E-state index in [1.807, 2.05) is 84.4 Å². The van der Waals surface area contributed by atoms with Crippen LogP contribution in [0.1, 0.15) is 23.9 Å². The number of para-hydroxylation sites is 3. The van der Waals surface area contributed by atoms with E-state index in [1.165, 1.54) is 0 Å². The molecule has 0 radical (unpaired) electrons. The molecule has 0 saturated carbocycles. The Bertz CT molecular complexity index is 1200. The molecule has 3 N–H and O–H groups in total. The molecule has 4 rings (SSSR count). The quantitative estimate of drug-likeness (QED) is 0.417. The van der Waals surface area contributed by atoms with E-state index in [0.717, 1.165) is 22.4 Å². The molecule has 1 aromatic heterocycles. The van der Waals surface area contributed by atoms with E-state index in [9.17, 15) is 9.59 Å². The van der Waals surface area contributed by atoms with Crippen LogP contribution in [0.4, 0.5) is 10.5 Å². The lowest BCUT2D eigenvalue weighted by Gasteiger charge is -2.19. The molecule has 7 heteroatoms. The van der Waals surface area contributed by atoms with Crippen LogP contribution in [-0.4, -0.2) is 28.0 Å². The van der Waals surface area contributed by atoms with Gasteiger partial charge < -0.3 is 20.5 Å². The molecule has 3 amide bonds. The first-order valence-corrected chi connectivity index (χ1v) is 10.5. The number of nitrogens with one attached hydrogen (secondary N) is 3. The summed E-state index contributed by atoms with van der Waals surface area (Å²) in [7, 11) is 1.95. The number of amides is 3. The fraction of sp³-hybridized carbons (Fsp3) is 0.160. The second kappa shape index (κ2) is 9.78. The molecule has 1 atom stereocenters. The maximum Gasteiger partial charge on any atom is 0.319 e. The Balaban J connectivity index is 1.43. The fourth-order valence-corrected chi connectivity index (χ4v) is 3.58. The van der Waals surface area contributed by atoms with Crippen molar-refractivity contribution < 1.29 is 9.59 Å². The van der Waals surface area contributed by atoms with Crippen molar-refractivity contribution in [3.63, 3.8) is 0 Å². The van der Waals surface area contributed by atoms with Gasteiger partial charge in [0.2, 0.25) is 5.91 Å². The van der Waals surface area contributed by atoms with Gasteiger partial charge in [0.1, 0.15) is 11.9 Å². The number of aryl methyl sites for hydroxylation is 1. The van der Waals surface area contributed by atoms with Gasteiger partial charge in [0.15, 0.2) is 0 Å². The number of nitrogens with zero attached hydrogens (tertiary/aromatic N) is 2. The Labute approximate surface area is 186 Å². The Hall–Kier alpha value is -4.13. The number of benzene rings is 3. The van der Waals surface area contributed by atoms with Crippen molar-refractivity contribution in [2.45, 2.75) is 12.5 Å². The number of fused-ring (bicyclic) bond motifs is 1. The normalized spacial score (nSPS) is 11.7. The molecule has 4 aromatic rings. The van der Waals surface area contributed by atoms with E-state index >= 15 is 0 Å². The lowest BCUT2D eigenvalue weighted by molar-refractivity contribution is -0.121. The highest BCUT2D eigenvalue weighted by Crippen LogP contribution is 2.25. The van der Waals surface area contributed by atoms with Crippen molar-refractivity contribution in [3.8, 4) is 0 Å². The molecule has 0 fully saturated rings. The zero-order valence-electron chi connectivity index (χ0n) is 17.8. The summed E-state index contributed by atoms with van der Waals surface area (Å²) >= 11 is 0. The van der Waals surface area contributed by atoms with Crippen LogP contribution in [0.2, 0.25) is 0 Å². The van der Waals surface area contributed by atoms with Gasteiger partial charge in [-0.1, -0.05) is 60.7 Å². The van der Waals surface area contributed by atoms with Crippen LogP contribution in [0.5, 0.6) is 0 Å². The van der Waals surface area contributed by atoms with Gasteiger partial charge in [-0.05, 0) is 29.8 Å². The highest BCUT2D eigenvalue weighted by molar-refractivity contribution is 5.89. The Morgan fingerprint density at radius 2 is 1.56 bits per heavy atom. The summed E-state index contributed by atoms with van der Waals surface area (Å²) in [4.78, 5) is 29.5. The number of carbonyl (C=O) groups is 2. The number of imidazole rings is 1. The summed E-state index contributed by atoms with van der Waals surface area (Å²) in [5.74, 6) is 0.575. The van der Waals surface area contributed by atoms with Crippen molar-refractivity contribution in [1.29, 1.82) is 0 Å². The number of anilines is 1. The third-order valence-corrected chi connectivity index (χ3v) is 5.19. The predicted molar refractivity (Wildman–Crippen MR) is 125 cm³/mol. The topological polar surface area (TPSA) is 88.0 Å². The highest BCUT2D eigenvalue weighted by Gasteiger charge is 2.22. The van der Waals surface area contributed by atoms with E-state index in [4.69, 9.17) is 4.98 Å². The number of hydrogen-bond donors (Lipinski definition) is 3. The molecule has 1 unspecified atom stereocenters. The number of carbonyl (C=O) groups excluding carboxylic acids is 2. The number of hydrogen-bond acceptors (Lipinski definition) is 3. The minimum Gasteiger partial charge on any atom is -0.342 e. The smallest absolute Gasteiger partial charge is 0.319 e. The summed E-state index contributed by atoms with van der Waals surface area (Å²) in [6.07, 6.45) is 0.148. The molecular formula is C25H25N5O2. The Morgan fingerprint density at radius 3 is 2.28 bits per heavy atom. The second-order valence-electron chi connectivity index (χ2n) is 7.43. The van der Waals surface area contributed by atoms with Gasteiger partial charge in [-0.25, -0.2) is 9.78 Å². The van der Waals surface area contributed by atoms with Crippen LogP contribution < -0.4 is 16.0 Å². The summed E-state index contributed by atoms with van der Waals surface area (Å²) in [5.41, 5.74) is 3.51. The maximum atomic E-state index is 12.7. The van der Waals surface area contributed by atoms with Crippen molar-refractivity contribution in [2.75, 3.05) is 11.9 Å². The number of rotatable bonds is 7. The first-order valence-electron chi connectivity index (χ1n) is 10.5. The van der Waals surface area contributed by atoms with Crippen molar-refractivity contribution in [2.24, 2.45) is 7.05 Å². The van der Waals surface area contributed by atoms with Gasteiger partial charge in [0, 0.05) is 25.7 Å². The molecular weight excluding hydrogens is 402 g/mol. The molecule has 32 heavy (non-hydrogen) atoms. The summed E-state index contributed by atoms with van der Waals surface area (Å²) < 4.78 is 2.00. The first kappa shape index (κ1) is 21.1. The third kappa shape index (κ3) is 4.95. The minimum atomic E-state index is -0.403. The van der Waals surface area contributed by atoms with E-state index in [-0.39, 0.29) is 24.9 Å². The minimum absolute atomic E-state index is 0.148. The van der Waals surface area contributed by atoms with E-state index in [0.29, 0.717) is 5.69 Å². The van der Waals surface area contributed by atoms with Crippen molar-refractivity contribution in [3.05, 3.63) is 96.3 Å². The van der Waals surface area contributed by atoms with Gasteiger partial charge in [0.25, 0.3) is 0 Å². The van der Waals surface area contributed by atoms with E-state index < -0.39 is 6.04 Å². The SMILES string of the molecule is Cn1c(C(NC(=O)CCNC(=O)Nc2ccccc2)c2ccccc2)nc2ccccc21. The van der Waals surface area contributed by atoms with E-state index in [2.05, 4.69) is 16.0 Å². The van der Waals surface area contributed by atoms with Gasteiger partial charge in [-0.2, -0.15) is 0 Å². The van der Waals surface area contributed by atoms with Gasteiger partial charge in [-0.3, -0.25) is 4.79 Å². The third-order valence-electron chi connectivity index (χ3n) is 5.19. The van der Waals surface area contributed by atoms with Crippen LogP contribution in [0.15, 0.2) is 84.9 Å². The van der Waals surface area contributed by atoms with Gasteiger partial charge >= 0.3 is 6.03 Å². The zero-order chi connectivity index (χ0) is 22.3. The van der Waals surface area contributed by atoms with Crippen LogP contribution in [0, 0.1) is 0 Å². The lowest BCUT2D eigenvalue weighted by atomic mass is 10.1. The molecule has 1 heterocycles. The monoisotopic (exact) mass is 427 g/mol. The number of urea groups is 1. The molecule has 0 aliphatic rings. The molecule has 0 spiro atoms. The van der Waals surface area contributed by atoms with Gasteiger partial charge in [-0.15, -0.1) is 0 Å². The standard InChI is InChI=1S/C25H25N5O2/c1-30-21-15-9-8-14-20(21)28-24(30)23(18-10-4-2-5-11-18)29-22(31)16-17-26-25(32)27-19-12-6-3-7-13-19/h2-15,23H,16-17H2,1H3,(H,29,31)(H2,26,27,32). The molecule has 0 aliphatic heterocycles. The fourth-order valence-electron chi connectivity index (χ4n) is 3.58. The Morgan fingerprint density at radius 1 is 0.906 bits per heavy atom. The molecule has 0 aliphatic carbocycles. The van der Waals surface area contributed by atoms with Crippen LogP contribution in [0.3, 0.4) is 0 Å². The second-order valence-corrected chi connectivity index (χ2v) is 7.43. The number of aromatic nitrogens is 2. The Kier molecular flexibility index (Phi) is 6.46. The van der Waals surface area contributed by atoms with Crippen LogP contribution >= 0.6 is 0 Å². The van der Waals surface area contributed by atoms with Crippen LogP contribution in [0.25, 0.3) is 11.0 Å². The predicted octanol–water partition coefficient (Wildman–Crippen LogP) is 3.99. The highest BCUT2D eigenvalue weighted by atomic mass is 16.2.